The van der Waals surface area contributed by atoms with Gasteiger partial charge in [0.05, 0.1) is 5.69 Å². The van der Waals surface area contributed by atoms with Crippen molar-refractivity contribution in [3.05, 3.63) is 42.5 Å². The van der Waals surface area contributed by atoms with Crippen LogP contribution in [0.15, 0.2) is 36.9 Å². The molecule has 3 rings (SSSR count). The largest absolute Gasteiger partial charge is 0.479 e. The minimum absolute atomic E-state index is 0.133. The van der Waals surface area contributed by atoms with E-state index in [1.54, 1.807) is 19.3 Å². The van der Waals surface area contributed by atoms with Gasteiger partial charge in [-0.2, -0.15) is 0 Å². The summed E-state index contributed by atoms with van der Waals surface area (Å²) < 4.78 is 5.50. The van der Waals surface area contributed by atoms with Gasteiger partial charge in [-0.1, -0.05) is 0 Å². The predicted octanol–water partition coefficient (Wildman–Crippen LogP) is 1.81. The Morgan fingerprint density at radius 1 is 1.35 bits per heavy atom. The Kier molecular flexibility index (Phi) is 3.20. The van der Waals surface area contributed by atoms with Crippen LogP contribution in [0.3, 0.4) is 0 Å². The van der Waals surface area contributed by atoms with E-state index in [0.717, 1.165) is 11.3 Å². The van der Waals surface area contributed by atoms with Crippen molar-refractivity contribution in [2.24, 2.45) is 0 Å². The molecule has 1 aromatic carbocycles. The van der Waals surface area contributed by atoms with Crippen LogP contribution in [0.4, 0.5) is 11.4 Å². The number of amides is 1. The van der Waals surface area contributed by atoms with Crippen LogP contribution in [-0.2, 0) is 11.3 Å². The average Bonchev–Trinajstić information content (AvgIpc) is 2.47. The second kappa shape index (κ2) is 5.16. The SMILES string of the molecule is CC1Oc2ccc(NCc3cncnc3)cc2NC1=O. The van der Waals surface area contributed by atoms with Crippen molar-refractivity contribution in [2.45, 2.75) is 19.6 Å². The molecule has 0 aliphatic carbocycles. The van der Waals surface area contributed by atoms with Crippen LogP contribution in [0, 0.1) is 0 Å². The molecule has 0 fully saturated rings. The van der Waals surface area contributed by atoms with E-state index in [9.17, 15) is 4.79 Å². The number of fused-ring (bicyclic) bond motifs is 1. The minimum atomic E-state index is -0.456. The Morgan fingerprint density at radius 3 is 2.95 bits per heavy atom. The van der Waals surface area contributed by atoms with Crippen LogP contribution in [-0.4, -0.2) is 22.0 Å². The summed E-state index contributed by atoms with van der Waals surface area (Å²) >= 11 is 0. The van der Waals surface area contributed by atoms with Crippen molar-refractivity contribution in [3.63, 3.8) is 0 Å². The molecule has 0 saturated carbocycles. The maximum Gasteiger partial charge on any atom is 0.265 e. The number of carbonyl (C=O) groups excluding carboxylic acids is 1. The number of benzene rings is 1. The lowest BCUT2D eigenvalue weighted by Gasteiger charge is -2.23. The molecule has 2 aromatic rings. The molecular formula is C14H14N4O2. The summed E-state index contributed by atoms with van der Waals surface area (Å²) in [4.78, 5) is 19.5. The van der Waals surface area contributed by atoms with E-state index in [1.807, 2.05) is 18.2 Å². The topological polar surface area (TPSA) is 76.1 Å². The van der Waals surface area contributed by atoms with Gasteiger partial charge in [0, 0.05) is 30.2 Å². The molecule has 0 saturated heterocycles. The lowest BCUT2D eigenvalue weighted by molar-refractivity contribution is -0.122. The fraction of sp³-hybridized carbons (Fsp3) is 0.214. The maximum absolute atomic E-state index is 11.6. The third kappa shape index (κ3) is 2.54. The van der Waals surface area contributed by atoms with Gasteiger partial charge in [-0.05, 0) is 25.1 Å². The number of ether oxygens (including phenoxy) is 1. The third-order valence-corrected chi connectivity index (χ3v) is 3.02. The normalized spacial score (nSPS) is 16.9. The molecular weight excluding hydrogens is 256 g/mol. The van der Waals surface area contributed by atoms with Gasteiger partial charge in [-0.25, -0.2) is 9.97 Å². The molecule has 1 aliphatic rings. The monoisotopic (exact) mass is 270 g/mol. The highest BCUT2D eigenvalue weighted by atomic mass is 16.5. The highest BCUT2D eigenvalue weighted by Gasteiger charge is 2.23. The van der Waals surface area contributed by atoms with E-state index in [-0.39, 0.29) is 5.91 Å². The summed E-state index contributed by atoms with van der Waals surface area (Å²) in [7, 11) is 0. The van der Waals surface area contributed by atoms with Crippen molar-refractivity contribution in [3.8, 4) is 5.75 Å². The van der Waals surface area contributed by atoms with Crippen LogP contribution in [0.2, 0.25) is 0 Å². The summed E-state index contributed by atoms with van der Waals surface area (Å²) in [6.07, 6.45) is 4.55. The number of rotatable bonds is 3. The van der Waals surface area contributed by atoms with E-state index >= 15 is 0 Å². The van der Waals surface area contributed by atoms with Crippen LogP contribution in [0.5, 0.6) is 5.75 Å². The molecule has 6 heteroatoms. The van der Waals surface area contributed by atoms with Crippen molar-refractivity contribution in [1.29, 1.82) is 0 Å². The molecule has 0 radical (unpaired) electrons. The second-order valence-corrected chi connectivity index (χ2v) is 4.56. The average molecular weight is 270 g/mol. The number of carbonyl (C=O) groups is 1. The van der Waals surface area contributed by atoms with E-state index in [2.05, 4.69) is 20.6 Å². The number of nitrogens with zero attached hydrogens (tertiary/aromatic N) is 2. The first-order valence-corrected chi connectivity index (χ1v) is 6.32. The fourth-order valence-corrected chi connectivity index (χ4v) is 1.94. The van der Waals surface area contributed by atoms with E-state index in [0.29, 0.717) is 18.0 Å². The predicted molar refractivity (Wildman–Crippen MR) is 74.5 cm³/mol. The van der Waals surface area contributed by atoms with Gasteiger partial charge in [0.25, 0.3) is 5.91 Å². The summed E-state index contributed by atoms with van der Waals surface area (Å²) in [6.45, 7) is 2.34. The summed E-state index contributed by atoms with van der Waals surface area (Å²) in [5.74, 6) is 0.553. The highest BCUT2D eigenvalue weighted by Crippen LogP contribution is 2.32. The summed E-state index contributed by atoms with van der Waals surface area (Å²) in [5.41, 5.74) is 2.56. The minimum Gasteiger partial charge on any atom is -0.479 e. The molecule has 102 valence electrons. The first-order valence-electron chi connectivity index (χ1n) is 6.32. The number of aromatic nitrogens is 2. The van der Waals surface area contributed by atoms with Gasteiger partial charge in [-0.3, -0.25) is 4.79 Å². The quantitative estimate of drug-likeness (QED) is 0.889. The number of hydrogen-bond acceptors (Lipinski definition) is 5. The van der Waals surface area contributed by atoms with Crippen LogP contribution < -0.4 is 15.4 Å². The van der Waals surface area contributed by atoms with Crippen molar-refractivity contribution in [2.75, 3.05) is 10.6 Å². The Balaban J connectivity index is 1.73. The maximum atomic E-state index is 11.6. The highest BCUT2D eigenvalue weighted by molar-refractivity contribution is 5.98. The number of anilines is 2. The Labute approximate surface area is 116 Å². The van der Waals surface area contributed by atoms with Gasteiger partial charge in [0.1, 0.15) is 12.1 Å². The van der Waals surface area contributed by atoms with Crippen molar-refractivity contribution >= 4 is 17.3 Å². The molecule has 6 nitrogen and oxygen atoms in total. The zero-order chi connectivity index (χ0) is 13.9. The first kappa shape index (κ1) is 12.4. The van der Waals surface area contributed by atoms with Crippen molar-refractivity contribution in [1.82, 2.24) is 9.97 Å². The van der Waals surface area contributed by atoms with E-state index in [1.165, 1.54) is 6.33 Å². The third-order valence-electron chi connectivity index (χ3n) is 3.02. The summed E-state index contributed by atoms with van der Waals surface area (Å²) in [6, 6.07) is 5.60. The van der Waals surface area contributed by atoms with E-state index in [4.69, 9.17) is 4.74 Å². The summed E-state index contributed by atoms with van der Waals surface area (Å²) in [5, 5.41) is 6.07. The first-order chi connectivity index (χ1) is 9.72. The molecule has 0 spiro atoms. The van der Waals surface area contributed by atoms with Gasteiger partial charge >= 0.3 is 0 Å². The zero-order valence-electron chi connectivity index (χ0n) is 11.0. The standard InChI is InChI=1S/C14H14N4O2/c1-9-14(19)18-12-4-11(2-3-13(12)20-9)17-7-10-5-15-8-16-6-10/h2-6,8-9,17H,7H2,1H3,(H,18,19). The van der Waals surface area contributed by atoms with Gasteiger partial charge in [0.2, 0.25) is 0 Å². The molecule has 20 heavy (non-hydrogen) atoms. The van der Waals surface area contributed by atoms with Crippen LogP contribution in [0.1, 0.15) is 12.5 Å². The Hall–Kier alpha value is -2.63. The second-order valence-electron chi connectivity index (χ2n) is 4.56. The smallest absolute Gasteiger partial charge is 0.265 e. The zero-order valence-corrected chi connectivity index (χ0v) is 11.0. The molecule has 2 heterocycles. The van der Waals surface area contributed by atoms with Gasteiger partial charge < -0.3 is 15.4 Å². The van der Waals surface area contributed by atoms with Crippen LogP contribution in [0.25, 0.3) is 0 Å². The molecule has 1 aromatic heterocycles. The Bertz CT molecular complexity index is 630. The van der Waals surface area contributed by atoms with Gasteiger partial charge in [0.15, 0.2) is 6.10 Å². The molecule has 1 atom stereocenters. The molecule has 0 bridgehead atoms. The van der Waals surface area contributed by atoms with Gasteiger partial charge in [-0.15, -0.1) is 0 Å². The molecule has 1 aliphatic heterocycles. The van der Waals surface area contributed by atoms with Crippen molar-refractivity contribution < 1.29 is 9.53 Å². The van der Waals surface area contributed by atoms with Crippen LogP contribution >= 0.6 is 0 Å². The number of hydrogen-bond donors (Lipinski definition) is 2. The van der Waals surface area contributed by atoms with E-state index < -0.39 is 6.10 Å². The number of nitrogens with one attached hydrogen (secondary N) is 2. The molecule has 1 unspecified atom stereocenters. The lowest BCUT2D eigenvalue weighted by atomic mass is 10.2. The Morgan fingerprint density at radius 2 is 2.15 bits per heavy atom. The lowest BCUT2D eigenvalue weighted by Crippen LogP contribution is -2.34. The molecule has 1 amide bonds. The molecule has 2 N–H and O–H groups in total. The fourth-order valence-electron chi connectivity index (χ4n) is 1.94.